The molecule has 2 rings (SSSR count). The molecular formula is C10H12. The summed E-state index contributed by atoms with van der Waals surface area (Å²) in [5.41, 5.74) is 2.61. The fourth-order valence-corrected chi connectivity index (χ4v) is 1.60. The van der Waals surface area contributed by atoms with Gasteiger partial charge in [-0.05, 0) is 29.9 Å². The Bertz CT molecular complexity index is 267. The van der Waals surface area contributed by atoms with E-state index in [0.717, 1.165) is 6.42 Å². The zero-order valence-electron chi connectivity index (χ0n) is 7.17. The minimum atomic E-state index is 0.0196. The van der Waals surface area contributed by atoms with Gasteiger partial charge in [0.25, 0.3) is 0 Å². The lowest BCUT2D eigenvalue weighted by atomic mass is 10.1. The van der Waals surface area contributed by atoms with E-state index in [2.05, 4.69) is 25.1 Å². The van der Waals surface area contributed by atoms with Crippen LogP contribution in [0.2, 0.25) is 0 Å². The quantitative estimate of drug-likeness (QED) is 0.510. The van der Waals surface area contributed by atoms with Crippen LogP contribution in [-0.4, -0.2) is 0 Å². The minimum absolute atomic E-state index is 0.0196. The maximum absolute atomic E-state index is 7.82. The predicted octanol–water partition coefficient (Wildman–Crippen LogP) is 2.42. The van der Waals surface area contributed by atoms with Crippen molar-refractivity contribution in [2.75, 3.05) is 0 Å². The van der Waals surface area contributed by atoms with Crippen molar-refractivity contribution in [3.63, 3.8) is 0 Å². The van der Waals surface area contributed by atoms with Gasteiger partial charge in [-0.1, -0.05) is 31.2 Å². The number of rotatable bonds is 0. The Morgan fingerprint density at radius 1 is 1.40 bits per heavy atom. The molecule has 1 aliphatic rings. The smallest absolute Gasteiger partial charge is 0.0319 e. The molecule has 0 aromatic heterocycles. The molecule has 10 heavy (non-hydrogen) atoms. The predicted molar refractivity (Wildman–Crippen MR) is 43.0 cm³/mol. The van der Waals surface area contributed by atoms with Crippen LogP contribution in [0.5, 0.6) is 0 Å². The SMILES string of the molecule is [2H][C@H]1c2ccccc2CC1C. The van der Waals surface area contributed by atoms with Crippen molar-refractivity contribution < 1.29 is 1.37 Å². The van der Waals surface area contributed by atoms with Crippen molar-refractivity contribution in [1.82, 2.24) is 0 Å². The molecule has 0 heterocycles. The lowest BCUT2D eigenvalue weighted by molar-refractivity contribution is 0.628. The van der Waals surface area contributed by atoms with Crippen LogP contribution in [0, 0.1) is 5.92 Å². The van der Waals surface area contributed by atoms with Gasteiger partial charge in [0.1, 0.15) is 0 Å². The first-order valence-electron chi connectivity index (χ1n) is 4.37. The van der Waals surface area contributed by atoms with Crippen molar-refractivity contribution in [2.24, 2.45) is 5.92 Å². The summed E-state index contributed by atoms with van der Waals surface area (Å²) < 4.78 is 7.82. The Labute approximate surface area is 63.3 Å². The third kappa shape index (κ3) is 0.841. The summed E-state index contributed by atoms with van der Waals surface area (Å²) in [4.78, 5) is 0. The first kappa shape index (κ1) is 4.95. The number of fused-ring (bicyclic) bond motifs is 1. The molecule has 0 bridgehead atoms. The molecule has 1 aromatic rings. The largest absolute Gasteiger partial charge is 0.0620 e. The van der Waals surface area contributed by atoms with Gasteiger partial charge in [-0.3, -0.25) is 0 Å². The van der Waals surface area contributed by atoms with Gasteiger partial charge in [0, 0.05) is 1.37 Å². The van der Waals surface area contributed by atoms with E-state index in [1.165, 1.54) is 11.1 Å². The zero-order chi connectivity index (χ0) is 7.84. The van der Waals surface area contributed by atoms with Crippen LogP contribution in [0.25, 0.3) is 0 Å². The summed E-state index contributed by atoms with van der Waals surface area (Å²) in [6.07, 6.45) is 1.11. The van der Waals surface area contributed by atoms with E-state index >= 15 is 0 Å². The third-order valence-electron chi connectivity index (χ3n) is 2.06. The summed E-state index contributed by atoms with van der Waals surface area (Å²) in [6.45, 7) is 2.15. The van der Waals surface area contributed by atoms with E-state index in [0.29, 0.717) is 5.92 Å². The normalized spacial score (nSPS) is 31.5. The molecule has 0 N–H and O–H groups in total. The fourth-order valence-electron chi connectivity index (χ4n) is 1.60. The maximum Gasteiger partial charge on any atom is 0.0319 e. The van der Waals surface area contributed by atoms with Gasteiger partial charge in [-0.15, -0.1) is 0 Å². The molecular weight excluding hydrogens is 120 g/mol. The Kier molecular flexibility index (Phi) is 1.05. The zero-order valence-corrected chi connectivity index (χ0v) is 6.17. The van der Waals surface area contributed by atoms with E-state index in [4.69, 9.17) is 1.37 Å². The van der Waals surface area contributed by atoms with Crippen molar-refractivity contribution in [2.45, 2.75) is 19.7 Å². The molecule has 0 saturated heterocycles. The summed E-state index contributed by atoms with van der Waals surface area (Å²) in [5.74, 6) is 0.507. The molecule has 1 aromatic carbocycles. The van der Waals surface area contributed by atoms with E-state index in [1.54, 1.807) is 0 Å². The van der Waals surface area contributed by atoms with Crippen LogP contribution >= 0.6 is 0 Å². The van der Waals surface area contributed by atoms with Crippen LogP contribution in [-0.2, 0) is 12.8 Å². The van der Waals surface area contributed by atoms with Crippen molar-refractivity contribution in [1.29, 1.82) is 0 Å². The molecule has 0 saturated carbocycles. The second-order valence-electron chi connectivity index (χ2n) is 3.05. The van der Waals surface area contributed by atoms with Crippen LogP contribution in [0.15, 0.2) is 24.3 Å². The molecule has 0 amide bonds. The molecule has 0 spiro atoms. The Hall–Kier alpha value is -0.780. The fraction of sp³-hybridized carbons (Fsp3) is 0.400. The van der Waals surface area contributed by atoms with Gasteiger partial charge in [0.15, 0.2) is 0 Å². The average Bonchev–Trinajstić information content (AvgIpc) is 2.30. The van der Waals surface area contributed by atoms with Gasteiger partial charge in [0.05, 0.1) is 0 Å². The molecule has 1 unspecified atom stereocenters. The van der Waals surface area contributed by atoms with Crippen molar-refractivity contribution in [3.05, 3.63) is 35.4 Å². The second kappa shape index (κ2) is 2.12. The summed E-state index contributed by atoms with van der Waals surface area (Å²) in [7, 11) is 0. The van der Waals surface area contributed by atoms with E-state index in [9.17, 15) is 0 Å². The van der Waals surface area contributed by atoms with Gasteiger partial charge in [0.2, 0.25) is 0 Å². The van der Waals surface area contributed by atoms with Gasteiger partial charge < -0.3 is 0 Å². The van der Waals surface area contributed by atoms with E-state index in [1.807, 2.05) is 6.07 Å². The standard InChI is InChI=1S/C10H12/c1-8-6-9-4-2-3-5-10(9)7-8/h2-5,8H,6-7H2,1H3/i6D/t6-,8?/m1/s1. The first-order valence-corrected chi connectivity index (χ1v) is 3.79. The summed E-state index contributed by atoms with van der Waals surface area (Å²) in [6, 6.07) is 8.30. The highest BCUT2D eigenvalue weighted by molar-refractivity contribution is 5.31. The van der Waals surface area contributed by atoms with Gasteiger partial charge in [-0.25, -0.2) is 0 Å². The molecule has 0 nitrogen and oxygen atoms in total. The third-order valence-corrected chi connectivity index (χ3v) is 2.06. The highest BCUT2D eigenvalue weighted by Crippen LogP contribution is 2.25. The Morgan fingerprint density at radius 3 is 2.80 bits per heavy atom. The van der Waals surface area contributed by atoms with E-state index in [-0.39, 0.29) is 6.40 Å². The highest BCUT2D eigenvalue weighted by atomic mass is 14.2. The number of hydrogen-bond acceptors (Lipinski definition) is 0. The average molecular weight is 133 g/mol. The van der Waals surface area contributed by atoms with Gasteiger partial charge in [-0.2, -0.15) is 0 Å². The maximum atomic E-state index is 7.82. The van der Waals surface area contributed by atoms with Crippen LogP contribution in [0.4, 0.5) is 0 Å². The molecule has 0 heteroatoms. The topological polar surface area (TPSA) is 0 Å². The van der Waals surface area contributed by atoms with E-state index < -0.39 is 0 Å². The van der Waals surface area contributed by atoms with Crippen LogP contribution in [0.3, 0.4) is 0 Å². The lowest BCUT2D eigenvalue weighted by Crippen LogP contribution is -1.89. The van der Waals surface area contributed by atoms with Crippen molar-refractivity contribution >= 4 is 0 Å². The number of benzene rings is 1. The van der Waals surface area contributed by atoms with Crippen LogP contribution in [0.1, 0.15) is 19.4 Å². The molecule has 0 fully saturated rings. The monoisotopic (exact) mass is 133 g/mol. The highest BCUT2D eigenvalue weighted by Gasteiger charge is 2.15. The molecule has 2 atom stereocenters. The Morgan fingerprint density at radius 2 is 2.10 bits per heavy atom. The Balaban J connectivity index is 2.47. The summed E-state index contributed by atoms with van der Waals surface area (Å²) in [5, 5.41) is 0. The summed E-state index contributed by atoms with van der Waals surface area (Å²) >= 11 is 0. The molecule has 0 radical (unpaired) electrons. The van der Waals surface area contributed by atoms with Crippen molar-refractivity contribution in [3.8, 4) is 0 Å². The van der Waals surface area contributed by atoms with Crippen LogP contribution < -0.4 is 0 Å². The second-order valence-corrected chi connectivity index (χ2v) is 3.05. The first-order chi connectivity index (χ1) is 5.29. The molecule has 0 aliphatic heterocycles. The molecule has 52 valence electrons. The minimum Gasteiger partial charge on any atom is -0.0620 e. The van der Waals surface area contributed by atoms with Gasteiger partial charge >= 0.3 is 0 Å². The number of hydrogen-bond donors (Lipinski definition) is 0. The molecule has 1 aliphatic carbocycles. The lowest BCUT2D eigenvalue weighted by Gasteiger charge is -1.93.